The number of carbonyl (C=O) groups is 1. The highest BCUT2D eigenvalue weighted by Crippen LogP contribution is 2.05. The molecule has 0 aliphatic heterocycles. The molecular weight excluding hydrogens is 220 g/mol. The van der Waals surface area contributed by atoms with E-state index in [2.05, 4.69) is 15.1 Å². The molecule has 0 saturated heterocycles. The summed E-state index contributed by atoms with van der Waals surface area (Å²) in [5.74, 6) is -0.323. The van der Waals surface area contributed by atoms with Crippen LogP contribution in [0.2, 0.25) is 5.15 Å². The summed E-state index contributed by atoms with van der Waals surface area (Å²) in [5.41, 5.74) is 0. The summed E-state index contributed by atoms with van der Waals surface area (Å²) in [5, 5.41) is 4.18. The largest absolute Gasteiger partial charge is 0.460 e. The number of nitrogens with zero attached hydrogens (tertiary/aromatic N) is 4. The minimum absolute atomic E-state index is 0.0217. The quantitative estimate of drug-likeness (QED) is 0.563. The van der Waals surface area contributed by atoms with Gasteiger partial charge in [0.15, 0.2) is 0 Å². The summed E-state index contributed by atoms with van der Waals surface area (Å²) in [4.78, 5) is 19.0. The average Bonchev–Trinajstić information content (AvgIpc) is 2.60. The van der Waals surface area contributed by atoms with Gasteiger partial charge >= 0.3 is 5.97 Å². The van der Waals surface area contributed by atoms with Crippen LogP contribution in [0, 0.1) is 0 Å². The van der Waals surface area contributed by atoms with E-state index in [-0.39, 0.29) is 18.2 Å². The molecule has 0 radical (unpaired) electrons. The minimum atomic E-state index is -0.570. The van der Waals surface area contributed by atoms with Crippen molar-refractivity contribution in [3.63, 3.8) is 0 Å². The zero-order valence-electron chi connectivity index (χ0n) is 7.85. The van der Waals surface area contributed by atoms with Gasteiger partial charge in [0.1, 0.15) is 5.15 Å². The molecule has 0 amide bonds. The number of rotatable bonds is 2. The highest BCUT2D eigenvalue weighted by atomic mass is 35.5. The van der Waals surface area contributed by atoms with E-state index in [1.165, 1.54) is 4.52 Å². The van der Waals surface area contributed by atoms with Gasteiger partial charge in [-0.3, -0.25) is 0 Å². The van der Waals surface area contributed by atoms with Crippen LogP contribution in [-0.4, -0.2) is 32.2 Å². The Hall–Kier alpha value is -1.69. The fourth-order valence-corrected chi connectivity index (χ4v) is 1.17. The SMILES string of the molecule is CCOC(=O)c1nc2nc(Cl)ccn2n1. The maximum Gasteiger partial charge on any atom is 0.378 e. The molecule has 2 aromatic heterocycles. The molecular formula is C8H7ClN4O2. The zero-order chi connectivity index (χ0) is 10.8. The van der Waals surface area contributed by atoms with Crippen molar-refractivity contribution >= 4 is 23.3 Å². The first-order valence-electron chi connectivity index (χ1n) is 4.26. The van der Waals surface area contributed by atoms with Crippen molar-refractivity contribution < 1.29 is 9.53 Å². The maximum absolute atomic E-state index is 11.3. The van der Waals surface area contributed by atoms with Gasteiger partial charge in [-0.15, -0.1) is 5.10 Å². The van der Waals surface area contributed by atoms with E-state index >= 15 is 0 Å². The molecule has 6 nitrogen and oxygen atoms in total. The summed E-state index contributed by atoms with van der Waals surface area (Å²) < 4.78 is 6.11. The molecule has 0 aromatic carbocycles. The Labute approximate surface area is 89.9 Å². The van der Waals surface area contributed by atoms with E-state index in [0.717, 1.165) is 0 Å². The normalized spacial score (nSPS) is 10.5. The second-order valence-corrected chi connectivity index (χ2v) is 3.04. The molecule has 0 spiro atoms. The van der Waals surface area contributed by atoms with E-state index in [4.69, 9.17) is 16.3 Å². The summed E-state index contributed by atoms with van der Waals surface area (Å²) in [7, 11) is 0. The third-order valence-electron chi connectivity index (χ3n) is 1.63. The Morgan fingerprint density at radius 1 is 1.60 bits per heavy atom. The van der Waals surface area contributed by atoms with Gasteiger partial charge in [-0.25, -0.2) is 9.31 Å². The summed E-state index contributed by atoms with van der Waals surface area (Å²) in [6, 6.07) is 1.55. The number of carbonyl (C=O) groups excluding carboxylic acids is 1. The number of hydrogen-bond donors (Lipinski definition) is 0. The smallest absolute Gasteiger partial charge is 0.378 e. The van der Waals surface area contributed by atoms with Gasteiger partial charge in [-0.1, -0.05) is 11.6 Å². The molecule has 2 aromatic rings. The molecule has 2 heterocycles. The van der Waals surface area contributed by atoms with E-state index in [1.807, 2.05) is 0 Å². The van der Waals surface area contributed by atoms with Gasteiger partial charge in [-0.2, -0.15) is 9.97 Å². The van der Waals surface area contributed by atoms with Gasteiger partial charge in [0.25, 0.3) is 11.6 Å². The lowest BCUT2D eigenvalue weighted by Gasteiger charge is -1.93. The number of esters is 1. The second kappa shape index (κ2) is 3.82. The van der Waals surface area contributed by atoms with Crippen LogP contribution in [0.15, 0.2) is 12.3 Å². The van der Waals surface area contributed by atoms with Crippen molar-refractivity contribution in [2.24, 2.45) is 0 Å². The Kier molecular flexibility index (Phi) is 2.51. The summed E-state index contributed by atoms with van der Waals surface area (Å²) >= 11 is 5.66. The van der Waals surface area contributed by atoms with Gasteiger partial charge in [0.05, 0.1) is 6.61 Å². The molecule has 0 fully saturated rings. The van der Waals surface area contributed by atoms with Gasteiger partial charge in [-0.05, 0) is 13.0 Å². The summed E-state index contributed by atoms with van der Waals surface area (Å²) in [6.45, 7) is 1.99. The molecule has 0 aliphatic rings. The number of fused-ring (bicyclic) bond motifs is 1. The molecule has 0 unspecified atom stereocenters. The van der Waals surface area contributed by atoms with Crippen LogP contribution in [0.4, 0.5) is 0 Å². The van der Waals surface area contributed by atoms with Crippen molar-refractivity contribution in [2.75, 3.05) is 6.61 Å². The fourth-order valence-electron chi connectivity index (χ4n) is 1.04. The first-order valence-corrected chi connectivity index (χ1v) is 4.64. The van der Waals surface area contributed by atoms with E-state index < -0.39 is 5.97 Å². The molecule has 0 N–H and O–H groups in total. The number of ether oxygens (including phenoxy) is 1. The predicted octanol–water partition coefficient (Wildman–Crippen LogP) is 0.954. The van der Waals surface area contributed by atoms with Crippen LogP contribution in [0.3, 0.4) is 0 Å². The topological polar surface area (TPSA) is 69.4 Å². The highest BCUT2D eigenvalue weighted by molar-refractivity contribution is 6.29. The molecule has 78 valence electrons. The molecule has 0 aliphatic carbocycles. The minimum Gasteiger partial charge on any atom is -0.460 e. The lowest BCUT2D eigenvalue weighted by atomic mass is 10.6. The van der Waals surface area contributed by atoms with Crippen LogP contribution in [0.25, 0.3) is 5.78 Å². The van der Waals surface area contributed by atoms with Gasteiger partial charge < -0.3 is 4.74 Å². The van der Waals surface area contributed by atoms with Crippen molar-refractivity contribution in [3.8, 4) is 0 Å². The monoisotopic (exact) mass is 226 g/mol. The van der Waals surface area contributed by atoms with Gasteiger partial charge in [0, 0.05) is 6.20 Å². The van der Waals surface area contributed by atoms with Crippen LogP contribution in [0.1, 0.15) is 17.5 Å². The highest BCUT2D eigenvalue weighted by Gasteiger charge is 2.14. The molecule has 2 rings (SSSR count). The van der Waals surface area contributed by atoms with E-state index in [1.54, 1.807) is 19.2 Å². The lowest BCUT2D eigenvalue weighted by molar-refractivity contribution is 0.0512. The van der Waals surface area contributed by atoms with Crippen molar-refractivity contribution in [1.82, 2.24) is 19.6 Å². The van der Waals surface area contributed by atoms with E-state index in [0.29, 0.717) is 5.15 Å². The second-order valence-electron chi connectivity index (χ2n) is 2.65. The fraction of sp³-hybridized carbons (Fsp3) is 0.250. The third kappa shape index (κ3) is 1.89. The third-order valence-corrected chi connectivity index (χ3v) is 1.84. The molecule has 0 bridgehead atoms. The first kappa shape index (κ1) is 9.85. The average molecular weight is 227 g/mol. The van der Waals surface area contributed by atoms with Crippen LogP contribution in [-0.2, 0) is 4.74 Å². The zero-order valence-corrected chi connectivity index (χ0v) is 8.60. The Balaban J connectivity index is 2.42. The number of hydrogen-bond acceptors (Lipinski definition) is 5. The standard InChI is InChI=1S/C8H7ClN4O2/c1-2-15-7(14)6-11-8-10-5(9)3-4-13(8)12-6/h3-4H,2H2,1H3. The number of halogens is 1. The van der Waals surface area contributed by atoms with Crippen molar-refractivity contribution in [2.45, 2.75) is 6.92 Å². The Morgan fingerprint density at radius 2 is 2.40 bits per heavy atom. The van der Waals surface area contributed by atoms with Crippen LogP contribution in [0.5, 0.6) is 0 Å². The molecule has 7 heteroatoms. The predicted molar refractivity (Wildman–Crippen MR) is 51.7 cm³/mol. The van der Waals surface area contributed by atoms with E-state index in [9.17, 15) is 4.79 Å². The number of aromatic nitrogens is 4. The molecule has 0 saturated carbocycles. The lowest BCUT2D eigenvalue weighted by Crippen LogP contribution is -2.06. The van der Waals surface area contributed by atoms with Gasteiger partial charge in [0.2, 0.25) is 0 Å². The van der Waals surface area contributed by atoms with Crippen LogP contribution < -0.4 is 0 Å². The Bertz CT molecular complexity index is 510. The van der Waals surface area contributed by atoms with Crippen LogP contribution >= 0.6 is 11.6 Å². The maximum atomic E-state index is 11.3. The Morgan fingerprint density at radius 3 is 3.13 bits per heavy atom. The summed E-state index contributed by atoms with van der Waals surface area (Å²) in [6.07, 6.45) is 1.57. The molecule has 0 atom stereocenters. The first-order chi connectivity index (χ1) is 7.20. The molecule has 15 heavy (non-hydrogen) atoms. The van der Waals surface area contributed by atoms with Crippen molar-refractivity contribution in [1.29, 1.82) is 0 Å². The van der Waals surface area contributed by atoms with Crippen molar-refractivity contribution in [3.05, 3.63) is 23.2 Å².